The molecule has 0 unspecified atom stereocenters. The van der Waals surface area contributed by atoms with Crippen LogP contribution in [0.1, 0.15) is 59.8 Å². The van der Waals surface area contributed by atoms with Gasteiger partial charge in [-0.1, -0.05) is 27.7 Å². The van der Waals surface area contributed by atoms with Crippen LogP contribution in [-0.2, 0) is 24.0 Å². The maximum Gasteiger partial charge on any atom is 0.243 e. The topological polar surface area (TPSA) is 235 Å². The van der Waals surface area contributed by atoms with Gasteiger partial charge in [0.25, 0.3) is 0 Å². The van der Waals surface area contributed by atoms with Crippen molar-refractivity contribution in [3.63, 3.8) is 0 Å². The highest BCUT2D eigenvalue weighted by molar-refractivity contribution is 5.94. The van der Waals surface area contributed by atoms with Gasteiger partial charge < -0.3 is 38.5 Å². The molecule has 4 atom stereocenters. The van der Waals surface area contributed by atoms with Crippen LogP contribution in [0.25, 0.3) is 0 Å². The summed E-state index contributed by atoms with van der Waals surface area (Å²) in [5, 5.41) is 17.5. The van der Waals surface area contributed by atoms with E-state index in [9.17, 15) is 24.0 Å². The SMILES string of the molecule is CC(C)C[C@H](NC(=O)[C@H](CC(C)C)NC(=O)[C@@H](N)CC(N)=O)C(=O)N[C@H]([C]=O)CCCNC(=N)N. The summed E-state index contributed by atoms with van der Waals surface area (Å²) in [5.74, 6) is -2.73. The number of amides is 4. The van der Waals surface area contributed by atoms with Crippen LogP contribution in [0, 0.1) is 17.2 Å². The first-order valence-electron chi connectivity index (χ1n) is 11.7. The van der Waals surface area contributed by atoms with Crippen LogP contribution in [0.15, 0.2) is 0 Å². The molecule has 0 aliphatic carbocycles. The van der Waals surface area contributed by atoms with Gasteiger partial charge >= 0.3 is 0 Å². The summed E-state index contributed by atoms with van der Waals surface area (Å²) in [4.78, 5) is 60.6. The average molecular weight is 498 g/mol. The van der Waals surface area contributed by atoms with Crippen molar-refractivity contribution in [1.29, 1.82) is 5.41 Å². The van der Waals surface area contributed by atoms with E-state index in [1.807, 2.05) is 27.7 Å². The molecule has 0 heterocycles. The molecule has 1 radical (unpaired) electrons. The van der Waals surface area contributed by atoms with Crippen molar-refractivity contribution in [3.8, 4) is 0 Å². The maximum atomic E-state index is 13.0. The van der Waals surface area contributed by atoms with Gasteiger partial charge in [0.15, 0.2) is 5.96 Å². The van der Waals surface area contributed by atoms with Gasteiger partial charge in [-0.3, -0.25) is 29.4 Å². The predicted octanol–water partition coefficient (Wildman–Crippen LogP) is -1.89. The Hall–Kier alpha value is -3.22. The molecule has 0 aliphatic rings. The zero-order valence-corrected chi connectivity index (χ0v) is 21.0. The van der Waals surface area contributed by atoms with E-state index in [0.29, 0.717) is 19.4 Å². The minimum Gasteiger partial charge on any atom is -0.370 e. The number of nitrogens with one attached hydrogen (secondary N) is 5. The third-order valence-electron chi connectivity index (χ3n) is 4.88. The number of carbonyl (C=O) groups excluding carboxylic acids is 5. The van der Waals surface area contributed by atoms with Gasteiger partial charge in [-0.25, -0.2) is 0 Å². The Labute approximate surface area is 206 Å². The van der Waals surface area contributed by atoms with Gasteiger partial charge in [0.05, 0.1) is 18.5 Å². The molecule has 0 aromatic rings. The third-order valence-corrected chi connectivity index (χ3v) is 4.88. The van der Waals surface area contributed by atoms with Crippen molar-refractivity contribution in [3.05, 3.63) is 0 Å². The zero-order valence-electron chi connectivity index (χ0n) is 21.0. The van der Waals surface area contributed by atoms with Crippen molar-refractivity contribution in [2.75, 3.05) is 6.54 Å². The molecule has 35 heavy (non-hydrogen) atoms. The summed E-state index contributed by atoms with van der Waals surface area (Å²) >= 11 is 0. The van der Waals surface area contributed by atoms with Crippen LogP contribution in [0.4, 0.5) is 0 Å². The van der Waals surface area contributed by atoms with Gasteiger partial charge in [0.2, 0.25) is 29.9 Å². The molecule has 199 valence electrons. The van der Waals surface area contributed by atoms with E-state index >= 15 is 0 Å². The lowest BCUT2D eigenvalue weighted by atomic mass is 9.99. The predicted molar refractivity (Wildman–Crippen MR) is 131 cm³/mol. The largest absolute Gasteiger partial charge is 0.370 e. The second kappa shape index (κ2) is 16.4. The second-order valence-electron chi connectivity index (χ2n) is 9.32. The normalized spacial score (nSPS) is 14.4. The molecule has 0 saturated carbocycles. The summed E-state index contributed by atoms with van der Waals surface area (Å²) < 4.78 is 0. The fourth-order valence-electron chi connectivity index (χ4n) is 3.23. The second-order valence-corrected chi connectivity index (χ2v) is 9.32. The molecular weight excluding hydrogens is 456 g/mol. The fourth-order valence-corrected chi connectivity index (χ4v) is 3.23. The van der Waals surface area contributed by atoms with E-state index < -0.39 is 47.8 Å². The maximum absolute atomic E-state index is 13.0. The average Bonchev–Trinajstić information content (AvgIpc) is 2.73. The number of hydrogen-bond donors (Lipinski definition) is 8. The lowest BCUT2D eigenvalue weighted by Crippen LogP contribution is -2.57. The van der Waals surface area contributed by atoms with Crippen molar-refractivity contribution >= 4 is 35.9 Å². The number of carbonyl (C=O) groups is 4. The highest BCUT2D eigenvalue weighted by Crippen LogP contribution is 2.10. The van der Waals surface area contributed by atoms with Crippen LogP contribution in [0.2, 0.25) is 0 Å². The van der Waals surface area contributed by atoms with E-state index in [0.717, 1.165) is 0 Å². The van der Waals surface area contributed by atoms with Crippen LogP contribution < -0.4 is 38.5 Å². The van der Waals surface area contributed by atoms with Crippen molar-refractivity contribution in [1.82, 2.24) is 21.3 Å². The van der Waals surface area contributed by atoms with E-state index in [1.165, 1.54) is 0 Å². The fraction of sp³-hybridized carbons (Fsp3) is 0.727. The summed E-state index contributed by atoms with van der Waals surface area (Å²) in [6.07, 6.45) is 2.68. The molecule has 0 fully saturated rings. The lowest BCUT2D eigenvalue weighted by Gasteiger charge is -2.26. The number of primary amides is 1. The van der Waals surface area contributed by atoms with E-state index in [2.05, 4.69) is 21.3 Å². The number of nitrogens with two attached hydrogens (primary N) is 3. The molecule has 13 nitrogen and oxygen atoms in total. The molecule has 11 N–H and O–H groups in total. The highest BCUT2D eigenvalue weighted by Gasteiger charge is 2.30. The molecule has 0 bridgehead atoms. The van der Waals surface area contributed by atoms with Gasteiger partial charge in [-0.2, -0.15) is 0 Å². The summed E-state index contributed by atoms with van der Waals surface area (Å²) in [6.45, 7) is 7.82. The molecule has 0 spiro atoms. The van der Waals surface area contributed by atoms with Crippen LogP contribution in [0.3, 0.4) is 0 Å². The molecule has 0 aliphatic heterocycles. The molecule has 0 aromatic carbocycles. The van der Waals surface area contributed by atoms with Crippen LogP contribution in [0.5, 0.6) is 0 Å². The van der Waals surface area contributed by atoms with Gasteiger partial charge in [0.1, 0.15) is 12.1 Å². The van der Waals surface area contributed by atoms with E-state index in [1.54, 1.807) is 6.29 Å². The van der Waals surface area contributed by atoms with Crippen molar-refractivity contribution in [2.45, 2.75) is 84.0 Å². The number of rotatable bonds is 17. The van der Waals surface area contributed by atoms with Crippen molar-refractivity contribution in [2.24, 2.45) is 29.0 Å². The molecule has 0 saturated heterocycles. The summed E-state index contributed by atoms with van der Waals surface area (Å²) in [6, 6.07) is -4.05. The Balaban J connectivity index is 5.32. The molecule has 0 rings (SSSR count). The van der Waals surface area contributed by atoms with E-state index in [-0.39, 0.29) is 37.1 Å². The minimum absolute atomic E-state index is 0.0217. The summed E-state index contributed by atoms with van der Waals surface area (Å²) in [7, 11) is 0. The molecule has 4 amide bonds. The Morgan fingerprint density at radius 3 is 1.77 bits per heavy atom. The van der Waals surface area contributed by atoms with E-state index in [4.69, 9.17) is 22.6 Å². The molecule has 13 heteroatoms. The Kier molecular flexibility index (Phi) is 14.9. The quantitative estimate of drug-likeness (QED) is 0.0640. The third kappa shape index (κ3) is 14.6. The first kappa shape index (κ1) is 31.8. The number of guanidine groups is 1. The first-order chi connectivity index (χ1) is 16.3. The Morgan fingerprint density at radius 2 is 1.34 bits per heavy atom. The van der Waals surface area contributed by atoms with Crippen LogP contribution >= 0.6 is 0 Å². The lowest BCUT2D eigenvalue weighted by molar-refractivity contribution is -0.133. The Bertz CT molecular complexity index is 743. The summed E-state index contributed by atoms with van der Waals surface area (Å²) in [5.41, 5.74) is 16.0. The highest BCUT2D eigenvalue weighted by atomic mass is 16.2. The smallest absolute Gasteiger partial charge is 0.243 e. The zero-order chi connectivity index (χ0) is 27.1. The molecular formula is C22H41N8O5. The van der Waals surface area contributed by atoms with Crippen LogP contribution in [-0.4, -0.2) is 66.6 Å². The van der Waals surface area contributed by atoms with Gasteiger partial charge in [-0.15, -0.1) is 0 Å². The monoisotopic (exact) mass is 497 g/mol. The Morgan fingerprint density at radius 1 is 0.857 bits per heavy atom. The molecule has 0 aromatic heterocycles. The standard InChI is InChI=1S/C22H41N8O5/c1-12(2)8-16(20(34)28-14(11-31)6-5-7-27-22(25)26)30-21(35)17(9-13(3)4)29-19(33)15(23)10-18(24)32/h12-17H,5-10,23H2,1-4H3,(H2,24,32)(H,28,34)(H,29,33)(H,30,35)(H4,25,26,27)/t14-,15-,16-,17-/m0/s1. The minimum atomic E-state index is -1.20. The first-order valence-corrected chi connectivity index (χ1v) is 11.7. The van der Waals surface area contributed by atoms with Gasteiger partial charge in [0, 0.05) is 6.54 Å². The number of hydrogen-bond acceptors (Lipinski definition) is 7. The van der Waals surface area contributed by atoms with Gasteiger partial charge in [-0.05, 0) is 37.5 Å². The van der Waals surface area contributed by atoms with Crippen molar-refractivity contribution < 1.29 is 24.0 Å².